The predicted octanol–water partition coefficient (Wildman–Crippen LogP) is 6.09. The van der Waals surface area contributed by atoms with Gasteiger partial charge in [-0.05, 0) is 55.1 Å². The van der Waals surface area contributed by atoms with Crippen LogP contribution in [0.5, 0.6) is 0 Å². The zero-order valence-electron chi connectivity index (χ0n) is 23.5. The third kappa shape index (κ3) is 5.24. The Morgan fingerprint density at radius 1 is 1.18 bits per heavy atom. The Morgan fingerprint density at radius 2 is 1.86 bits per heavy atom. The van der Waals surface area contributed by atoms with Crippen LogP contribution in [0, 0.1) is 29.0 Å². The minimum absolute atomic E-state index is 0.0723. The molecule has 14 heteroatoms. The highest BCUT2D eigenvalue weighted by Gasteiger charge is 2.72. The second kappa shape index (κ2) is 10.8. The first kappa shape index (κ1) is 30.5. The number of piperidine rings is 1. The first-order valence-electron chi connectivity index (χ1n) is 13.9. The standard InChI is InChI=1S/C28H26ClFN4O2S.C2HF3O2/c1-28(2)22-23(28)27(36)34(26(22)35)12-16-9-21-25(37-16)17(4-6-32-21)18-7-15(29)8-19-20(30)13-33(24(18)19)11-14-3-5-31-10-14;3-2(4,5)1(6)7/h4,6-9,13-14,22-23,31H,3,5,10-12H2,1-2H3;(H,6,7). The van der Waals surface area contributed by atoms with Gasteiger partial charge in [0.1, 0.15) is 5.82 Å². The number of fused-ring (bicyclic) bond motifs is 3. The van der Waals surface area contributed by atoms with Crippen LogP contribution in [0.3, 0.4) is 0 Å². The highest BCUT2D eigenvalue weighted by Crippen LogP contribution is 2.63. The number of likely N-dealkylation sites (tertiary alicyclic amines) is 1. The van der Waals surface area contributed by atoms with E-state index >= 15 is 4.39 Å². The second-order valence-corrected chi connectivity index (χ2v) is 13.5. The number of carbonyl (C=O) groups is 3. The Morgan fingerprint density at radius 3 is 2.48 bits per heavy atom. The molecule has 1 aromatic carbocycles. The smallest absolute Gasteiger partial charge is 0.475 e. The highest BCUT2D eigenvalue weighted by atomic mass is 35.5. The number of imide groups is 1. The Bertz CT molecular complexity index is 1800. The molecule has 8 nitrogen and oxygen atoms in total. The van der Waals surface area contributed by atoms with Gasteiger partial charge >= 0.3 is 12.1 Å². The van der Waals surface area contributed by atoms with Gasteiger partial charge in [0.05, 0.1) is 34.1 Å². The number of aromatic nitrogens is 2. The van der Waals surface area contributed by atoms with Crippen molar-refractivity contribution in [2.24, 2.45) is 23.2 Å². The Labute approximate surface area is 257 Å². The molecular formula is C30H27ClF4N4O4S. The number of alkyl halides is 3. The van der Waals surface area contributed by atoms with E-state index in [9.17, 15) is 22.8 Å². The van der Waals surface area contributed by atoms with Crippen molar-refractivity contribution < 1.29 is 37.1 Å². The van der Waals surface area contributed by atoms with Crippen molar-refractivity contribution in [3.63, 3.8) is 0 Å². The molecule has 4 aromatic rings. The van der Waals surface area contributed by atoms with Gasteiger partial charge in [0.25, 0.3) is 0 Å². The summed E-state index contributed by atoms with van der Waals surface area (Å²) in [5.74, 6) is -3.13. The van der Waals surface area contributed by atoms with Gasteiger partial charge in [-0.3, -0.25) is 19.5 Å². The average molecular weight is 651 g/mol. The molecule has 3 fully saturated rings. The third-order valence-corrected chi connectivity index (χ3v) is 10.1. The maximum absolute atomic E-state index is 15.1. The van der Waals surface area contributed by atoms with E-state index in [0.717, 1.165) is 57.8 Å². The van der Waals surface area contributed by atoms with Crippen LogP contribution in [0.1, 0.15) is 25.1 Å². The zero-order chi connectivity index (χ0) is 31.7. The molecule has 1 aliphatic carbocycles. The summed E-state index contributed by atoms with van der Waals surface area (Å²) in [6.07, 6.45) is -0.696. The van der Waals surface area contributed by atoms with Crippen LogP contribution in [0.25, 0.3) is 32.2 Å². The van der Waals surface area contributed by atoms with Crippen LogP contribution < -0.4 is 5.32 Å². The van der Waals surface area contributed by atoms with E-state index in [0.29, 0.717) is 16.3 Å². The SMILES string of the molecule is CC1(C)C2C(=O)N(Cc3cc4nccc(-c5cc(Cl)cc6c(F)cn(CC7CCNC7)c56)c4s3)C(=O)C21.O=C(O)C(F)(F)F. The number of amides is 2. The number of benzene rings is 1. The monoisotopic (exact) mass is 650 g/mol. The lowest BCUT2D eigenvalue weighted by molar-refractivity contribution is -0.192. The summed E-state index contributed by atoms with van der Waals surface area (Å²) in [5, 5.41) is 11.5. The molecular weight excluding hydrogens is 624 g/mol. The predicted molar refractivity (Wildman–Crippen MR) is 157 cm³/mol. The first-order valence-corrected chi connectivity index (χ1v) is 15.1. The van der Waals surface area contributed by atoms with Gasteiger partial charge < -0.3 is 15.0 Å². The number of carboxylic acid groups (broad SMARTS) is 1. The molecule has 2 saturated heterocycles. The Kier molecular flexibility index (Phi) is 7.49. The molecule has 3 unspecified atom stereocenters. The summed E-state index contributed by atoms with van der Waals surface area (Å²) < 4.78 is 49.8. The summed E-state index contributed by atoms with van der Waals surface area (Å²) in [6, 6.07) is 7.47. The number of nitrogens with zero attached hydrogens (tertiary/aromatic N) is 3. The quantitative estimate of drug-likeness (QED) is 0.200. The van der Waals surface area contributed by atoms with E-state index in [1.54, 1.807) is 18.5 Å². The van der Waals surface area contributed by atoms with Gasteiger partial charge in [-0.2, -0.15) is 13.2 Å². The van der Waals surface area contributed by atoms with Crippen LogP contribution in [0.4, 0.5) is 17.6 Å². The minimum atomic E-state index is -5.08. The molecule has 3 aliphatic rings. The number of thiophene rings is 1. The van der Waals surface area contributed by atoms with Crippen LogP contribution >= 0.6 is 22.9 Å². The summed E-state index contributed by atoms with van der Waals surface area (Å²) in [4.78, 5) is 41.5. The molecule has 3 atom stereocenters. The first-order chi connectivity index (χ1) is 20.7. The maximum atomic E-state index is 15.1. The second-order valence-electron chi connectivity index (χ2n) is 12.0. The summed E-state index contributed by atoms with van der Waals surface area (Å²) in [6.45, 7) is 6.85. The van der Waals surface area contributed by atoms with Crippen molar-refractivity contribution in [1.82, 2.24) is 19.8 Å². The van der Waals surface area contributed by atoms with Crippen LogP contribution in [-0.2, 0) is 27.5 Å². The van der Waals surface area contributed by atoms with Crippen LogP contribution in [-0.4, -0.2) is 56.6 Å². The number of nitrogens with one attached hydrogen (secondary N) is 1. The van der Waals surface area contributed by atoms with Crippen LogP contribution in [0.15, 0.2) is 36.7 Å². The number of aliphatic carboxylic acids is 1. The van der Waals surface area contributed by atoms with Crippen molar-refractivity contribution in [1.29, 1.82) is 0 Å². The molecule has 5 heterocycles. The molecule has 0 bridgehead atoms. The number of carbonyl (C=O) groups excluding carboxylic acids is 2. The summed E-state index contributed by atoms with van der Waals surface area (Å²) in [5.41, 5.74) is 3.16. The van der Waals surface area contributed by atoms with E-state index in [2.05, 4.69) is 10.3 Å². The largest absolute Gasteiger partial charge is 0.490 e. The summed E-state index contributed by atoms with van der Waals surface area (Å²) in [7, 11) is 0. The molecule has 3 aromatic heterocycles. The third-order valence-electron chi connectivity index (χ3n) is 8.71. The van der Waals surface area contributed by atoms with Crippen molar-refractivity contribution in [3.8, 4) is 11.1 Å². The number of pyridine rings is 1. The van der Waals surface area contributed by atoms with Crippen molar-refractivity contribution >= 4 is 61.8 Å². The van der Waals surface area contributed by atoms with Crippen molar-refractivity contribution in [2.45, 2.75) is 39.5 Å². The molecule has 0 radical (unpaired) electrons. The highest BCUT2D eigenvalue weighted by molar-refractivity contribution is 7.19. The Balaban J connectivity index is 0.000000441. The van der Waals surface area contributed by atoms with Gasteiger partial charge in [0.15, 0.2) is 0 Å². The lowest BCUT2D eigenvalue weighted by Crippen LogP contribution is -2.35. The summed E-state index contributed by atoms with van der Waals surface area (Å²) >= 11 is 8.01. The topological polar surface area (TPSA) is 105 Å². The van der Waals surface area contributed by atoms with E-state index in [-0.39, 0.29) is 41.4 Å². The number of hydrogen-bond donors (Lipinski definition) is 2. The molecule has 1 saturated carbocycles. The van der Waals surface area contributed by atoms with Gasteiger partial charge in [-0.15, -0.1) is 11.3 Å². The number of carboxylic acids is 1. The van der Waals surface area contributed by atoms with Crippen molar-refractivity contribution in [3.05, 3.63) is 52.4 Å². The molecule has 44 heavy (non-hydrogen) atoms. The van der Waals surface area contributed by atoms with E-state index in [4.69, 9.17) is 21.5 Å². The molecule has 2 N–H and O–H groups in total. The lowest BCUT2D eigenvalue weighted by Gasteiger charge is -2.19. The van der Waals surface area contributed by atoms with E-state index in [1.807, 2.05) is 36.6 Å². The fourth-order valence-electron chi connectivity index (χ4n) is 6.45. The van der Waals surface area contributed by atoms with Gasteiger partial charge in [-0.1, -0.05) is 25.4 Å². The molecule has 0 spiro atoms. The molecule has 7 rings (SSSR count). The van der Waals surface area contributed by atoms with Crippen LogP contribution in [0.2, 0.25) is 5.02 Å². The molecule has 2 aliphatic heterocycles. The number of rotatable bonds is 5. The maximum Gasteiger partial charge on any atom is 0.490 e. The van der Waals surface area contributed by atoms with Gasteiger partial charge in [-0.25, -0.2) is 9.18 Å². The zero-order valence-corrected chi connectivity index (χ0v) is 25.1. The number of hydrogen-bond acceptors (Lipinski definition) is 6. The fraction of sp³-hybridized carbons (Fsp3) is 0.400. The van der Waals surface area contributed by atoms with Gasteiger partial charge in [0, 0.05) is 45.4 Å². The Hall–Kier alpha value is -3.55. The number of halogens is 5. The minimum Gasteiger partial charge on any atom is -0.475 e. The van der Waals surface area contributed by atoms with Crippen molar-refractivity contribution in [2.75, 3.05) is 13.1 Å². The van der Waals surface area contributed by atoms with Gasteiger partial charge in [0.2, 0.25) is 11.8 Å². The fourth-order valence-corrected chi connectivity index (χ4v) is 7.80. The lowest BCUT2D eigenvalue weighted by atomic mass is 10.0. The molecule has 232 valence electrons. The van der Waals surface area contributed by atoms with E-state index < -0.39 is 12.1 Å². The normalized spacial score (nSPS) is 22.4. The van der Waals surface area contributed by atoms with E-state index in [1.165, 1.54) is 16.2 Å². The molecule has 2 amide bonds. The average Bonchev–Trinajstić information content (AvgIpc) is 3.49.